The molecule has 0 radical (unpaired) electrons. The monoisotopic (exact) mass is 293 g/mol. The number of aromatic nitrogens is 1. The number of hydrogen-bond donors (Lipinski definition) is 0. The van der Waals surface area contributed by atoms with Gasteiger partial charge in [-0.1, -0.05) is 29.8 Å². The van der Waals surface area contributed by atoms with Gasteiger partial charge in [-0.05, 0) is 57.5 Å². The van der Waals surface area contributed by atoms with Gasteiger partial charge in [0.05, 0.1) is 5.69 Å². The second-order valence-corrected chi connectivity index (χ2v) is 6.26. The van der Waals surface area contributed by atoms with Crippen LogP contribution in [0.15, 0.2) is 48.5 Å². The summed E-state index contributed by atoms with van der Waals surface area (Å²) in [6, 6.07) is 17.5. The molecule has 0 aliphatic rings. The van der Waals surface area contributed by atoms with E-state index < -0.39 is 0 Å². The number of aryl methyl sites for hydroxylation is 2. The van der Waals surface area contributed by atoms with E-state index in [0.717, 1.165) is 5.75 Å². The molecule has 1 aromatic heterocycles. The van der Waals surface area contributed by atoms with Gasteiger partial charge in [-0.2, -0.15) is 0 Å². The van der Waals surface area contributed by atoms with Crippen molar-refractivity contribution in [2.24, 2.45) is 0 Å². The van der Waals surface area contributed by atoms with Crippen molar-refractivity contribution in [3.8, 4) is 5.75 Å². The lowest BCUT2D eigenvalue weighted by molar-refractivity contribution is 0.293. The number of nitrogens with zero attached hydrogens (tertiary/aromatic N) is 1. The molecule has 0 amide bonds. The van der Waals surface area contributed by atoms with Gasteiger partial charge in [0, 0.05) is 16.9 Å². The van der Waals surface area contributed by atoms with Crippen LogP contribution < -0.4 is 4.74 Å². The normalized spacial score (nSPS) is 11.3. The highest BCUT2D eigenvalue weighted by Gasteiger charge is 2.12. The van der Waals surface area contributed by atoms with Crippen LogP contribution in [0.2, 0.25) is 0 Å². The minimum Gasteiger partial charge on any atom is -0.487 e. The molecule has 0 aliphatic heterocycles. The first-order chi connectivity index (χ1) is 10.5. The van der Waals surface area contributed by atoms with E-state index in [4.69, 9.17) is 4.74 Å². The maximum Gasteiger partial charge on any atom is 0.128 e. The van der Waals surface area contributed by atoms with Crippen LogP contribution in [0.3, 0.4) is 0 Å². The topological polar surface area (TPSA) is 14.2 Å². The summed E-state index contributed by atoms with van der Waals surface area (Å²) in [6.07, 6.45) is 0. The third-order valence-corrected chi connectivity index (χ3v) is 4.00. The predicted molar refractivity (Wildman–Crippen MR) is 92.6 cm³/mol. The summed E-state index contributed by atoms with van der Waals surface area (Å²) in [7, 11) is 0. The van der Waals surface area contributed by atoms with Crippen LogP contribution in [0, 0.1) is 13.8 Å². The molecule has 3 rings (SSSR count). The highest BCUT2D eigenvalue weighted by Crippen LogP contribution is 2.26. The van der Waals surface area contributed by atoms with Crippen molar-refractivity contribution in [2.75, 3.05) is 0 Å². The van der Waals surface area contributed by atoms with Crippen molar-refractivity contribution in [1.29, 1.82) is 0 Å². The van der Waals surface area contributed by atoms with Gasteiger partial charge in [0.15, 0.2) is 0 Å². The summed E-state index contributed by atoms with van der Waals surface area (Å²) < 4.78 is 8.35. The molecule has 0 saturated heterocycles. The van der Waals surface area contributed by atoms with Gasteiger partial charge in [0.2, 0.25) is 0 Å². The molecule has 0 aliphatic carbocycles. The van der Waals surface area contributed by atoms with Crippen LogP contribution in [0.1, 0.15) is 36.7 Å². The molecule has 2 heteroatoms. The maximum absolute atomic E-state index is 5.98. The fourth-order valence-electron chi connectivity index (χ4n) is 2.90. The summed E-state index contributed by atoms with van der Waals surface area (Å²) in [4.78, 5) is 0. The molecule has 2 nitrogen and oxygen atoms in total. The first kappa shape index (κ1) is 14.7. The molecule has 2 aromatic carbocycles. The van der Waals surface area contributed by atoms with E-state index in [1.54, 1.807) is 0 Å². The van der Waals surface area contributed by atoms with Gasteiger partial charge in [0.1, 0.15) is 12.4 Å². The average molecular weight is 293 g/mol. The molecular formula is C20H23NO. The van der Waals surface area contributed by atoms with Gasteiger partial charge < -0.3 is 9.30 Å². The maximum atomic E-state index is 5.98. The fourth-order valence-corrected chi connectivity index (χ4v) is 2.90. The first-order valence-corrected chi connectivity index (χ1v) is 7.84. The molecule has 0 saturated carbocycles. The number of rotatable bonds is 4. The third kappa shape index (κ3) is 2.87. The number of hydrogen-bond acceptors (Lipinski definition) is 1. The number of fused-ring (bicyclic) bond motifs is 1. The molecular weight excluding hydrogens is 270 g/mol. The van der Waals surface area contributed by atoms with Crippen LogP contribution in [0.25, 0.3) is 10.9 Å². The van der Waals surface area contributed by atoms with Crippen molar-refractivity contribution in [2.45, 2.75) is 40.3 Å². The quantitative estimate of drug-likeness (QED) is 0.626. The molecule has 0 N–H and O–H groups in total. The lowest BCUT2D eigenvalue weighted by Gasteiger charge is -2.15. The Balaban J connectivity index is 1.92. The van der Waals surface area contributed by atoms with Crippen LogP contribution in [0.4, 0.5) is 0 Å². The average Bonchev–Trinajstić information content (AvgIpc) is 2.84. The summed E-state index contributed by atoms with van der Waals surface area (Å²) in [5, 5.41) is 1.28. The molecule has 0 unspecified atom stereocenters. The van der Waals surface area contributed by atoms with Crippen LogP contribution in [-0.2, 0) is 6.61 Å². The van der Waals surface area contributed by atoms with Gasteiger partial charge in [0.25, 0.3) is 0 Å². The first-order valence-electron chi connectivity index (χ1n) is 7.84. The van der Waals surface area contributed by atoms with Gasteiger partial charge in [-0.15, -0.1) is 0 Å². The molecule has 0 atom stereocenters. The minimum absolute atomic E-state index is 0.413. The largest absolute Gasteiger partial charge is 0.487 e. The Bertz CT molecular complexity index is 781. The number of ether oxygens (including phenoxy) is 1. The summed E-state index contributed by atoms with van der Waals surface area (Å²) >= 11 is 0. The SMILES string of the molecule is Cc1ccc(OCc2cc3ccc(C)cc3n2C(C)C)cc1. The summed E-state index contributed by atoms with van der Waals surface area (Å²) in [5.74, 6) is 0.919. The summed E-state index contributed by atoms with van der Waals surface area (Å²) in [5.41, 5.74) is 5.05. The highest BCUT2D eigenvalue weighted by molar-refractivity contribution is 5.82. The smallest absolute Gasteiger partial charge is 0.128 e. The molecule has 0 spiro atoms. The summed E-state index contributed by atoms with van der Waals surface area (Å²) in [6.45, 7) is 9.26. The van der Waals surface area contributed by atoms with E-state index >= 15 is 0 Å². The van der Waals surface area contributed by atoms with Gasteiger partial charge in [-0.3, -0.25) is 0 Å². The Labute approximate surface area is 132 Å². The third-order valence-electron chi connectivity index (χ3n) is 4.00. The predicted octanol–water partition coefficient (Wildman–Crippen LogP) is 5.42. The zero-order chi connectivity index (χ0) is 15.7. The zero-order valence-electron chi connectivity index (χ0n) is 13.8. The Hall–Kier alpha value is -2.22. The van der Waals surface area contributed by atoms with Crippen LogP contribution in [-0.4, -0.2) is 4.57 Å². The molecule has 114 valence electrons. The lowest BCUT2D eigenvalue weighted by atomic mass is 10.2. The van der Waals surface area contributed by atoms with E-state index in [0.29, 0.717) is 12.6 Å². The zero-order valence-corrected chi connectivity index (χ0v) is 13.8. The standard InChI is InChI=1S/C20H23NO/c1-14(2)21-18(12-17-8-5-16(4)11-20(17)21)13-22-19-9-6-15(3)7-10-19/h5-12,14H,13H2,1-4H3. The Morgan fingerprint density at radius 2 is 1.59 bits per heavy atom. The Kier molecular flexibility index (Phi) is 3.93. The van der Waals surface area contributed by atoms with Gasteiger partial charge in [-0.25, -0.2) is 0 Å². The molecule has 0 fully saturated rings. The van der Waals surface area contributed by atoms with Crippen molar-refractivity contribution < 1.29 is 4.74 Å². The van der Waals surface area contributed by atoms with Crippen molar-refractivity contribution in [3.63, 3.8) is 0 Å². The number of benzene rings is 2. The van der Waals surface area contributed by atoms with E-state index in [-0.39, 0.29) is 0 Å². The fraction of sp³-hybridized carbons (Fsp3) is 0.300. The van der Waals surface area contributed by atoms with Crippen LogP contribution >= 0.6 is 0 Å². The van der Waals surface area contributed by atoms with Crippen molar-refractivity contribution in [1.82, 2.24) is 4.57 Å². The Morgan fingerprint density at radius 1 is 0.909 bits per heavy atom. The van der Waals surface area contributed by atoms with Crippen LogP contribution in [0.5, 0.6) is 5.75 Å². The minimum atomic E-state index is 0.413. The van der Waals surface area contributed by atoms with Gasteiger partial charge >= 0.3 is 0 Å². The van der Waals surface area contributed by atoms with E-state index in [1.165, 1.54) is 27.7 Å². The van der Waals surface area contributed by atoms with E-state index in [9.17, 15) is 0 Å². The molecule has 1 heterocycles. The van der Waals surface area contributed by atoms with E-state index in [1.807, 2.05) is 12.1 Å². The molecule has 0 bridgehead atoms. The molecule has 3 aromatic rings. The highest BCUT2D eigenvalue weighted by atomic mass is 16.5. The van der Waals surface area contributed by atoms with Crippen molar-refractivity contribution in [3.05, 3.63) is 65.4 Å². The van der Waals surface area contributed by atoms with E-state index in [2.05, 4.69) is 68.7 Å². The second kappa shape index (κ2) is 5.88. The lowest BCUT2D eigenvalue weighted by Crippen LogP contribution is -2.08. The Morgan fingerprint density at radius 3 is 2.27 bits per heavy atom. The van der Waals surface area contributed by atoms with Crippen molar-refractivity contribution >= 4 is 10.9 Å². The molecule has 22 heavy (non-hydrogen) atoms. The second-order valence-electron chi connectivity index (χ2n) is 6.26.